The molecule has 116 valence electrons. The SMILES string of the molecule is CC[C@@H](N)c1ccccc1N1CCC(N2CCCCC2)C1. The molecule has 2 heterocycles. The predicted molar refractivity (Wildman–Crippen MR) is 89.7 cm³/mol. The standard InChI is InChI=1S/C18H29N3/c1-2-17(19)16-8-4-5-9-18(16)21-13-10-15(14-21)20-11-6-3-7-12-20/h4-5,8-9,15,17H,2-3,6-7,10-14,19H2,1H3/t15?,17-/m1/s1. The molecule has 2 atom stereocenters. The van der Waals surface area contributed by atoms with E-state index < -0.39 is 0 Å². The Labute approximate surface area is 129 Å². The first-order valence-corrected chi connectivity index (χ1v) is 8.63. The predicted octanol–water partition coefficient (Wildman–Crippen LogP) is 3.16. The van der Waals surface area contributed by atoms with Crippen molar-refractivity contribution in [1.82, 2.24) is 4.90 Å². The Morgan fingerprint density at radius 1 is 1.14 bits per heavy atom. The monoisotopic (exact) mass is 287 g/mol. The van der Waals surface area contributed by atoms with Gasteiger partial charge in [-0.3, -0.25) is 4.90 Å². The van der Waals surface area contributed by atoms with Crippen molar-refractivity contribution >= 4 is 5.69 Å². The van der Waals surface area contributed by atoms with Gasteiger partial charge in [0.1, 0.15) is 0 Å². The molecule has 3 rings (SSSR count). The van der Waals surface area contributed by atoms with Crippen molar-refractivity contribution < 1.29 is 0 Å². The highest BCUT2D eigenvalue weighted by Gasteiger charge is 2.29. The molecule has 3 heteroatoms. The lowest BCUT2D eigenvalue weighted by Gasteiger charge is -2.32. The maximum atomic E-state index is 6.30. The lowest BCUT2D eigenvalue weighted by Crippen LogP contribution is -2.41. The highest BCUT2D eigenvalue weighted by molar-refractivity contribution is 5.56. The van der Waals surface area contributed by atoms with Crippen LogP contribution in [0.5, 0.6) is 0 Å². The van der Waals surface area contributed by atoms with Crippen LogP contribution in [0.2, 0.25) is 0 Å². The maximum absolute atomic E-state index is 6.30. The summed E-state index contributed by atoms with van der Waals surface area (Å²) in [5.74, 6) is 0. The van der Waals surface area contributed by atoms with E-state index in [1.54, 1.807) is 0 Å². The summed E-state index contributed by atoms with van der Waals surface area (Å²) in [5.41, 5.74) is 8.99. The number of piperidine rings is 1. The topological polar surface area (TPSA) is 32.5 Å². The molecule has 21 heavy (non-hydrogen) atoms. The Morgan fingerprint density at radius 2 is 1.90 bits per heavy atom. The maximum Gasteiger partial charge on any atom is 0.0415 e. The third kappa shape index (κ3) is 3.24. The van der Waals surface area contributed by atoms with Crippen LogP contribution in [0.1, 0.15) is 50.6 Å². The summed E-state index contributed by atoms with van der Waals surface area (Å²) in [6.45, 7) is 7.12. The van der Waals surface area contributed by atoms with Crippen LogP contribution in [0, 0.1) is 0 Å². The zero-order valence-corrected chi connectivity index (χ0v) is 13.3. The second-order valence-electron chi connectivity index (χ2n) is 6.56. The molecule has 2 aliphatic heterocycles. The number of likely N-dealkylation sites (tertiary alicyclic amines) is 1. The van der Waals surface area contributed by atoms with E-state index in [0.717, 1.165) is 12.5 Å². The summed E-state index contributed by atoms with van der Waals surface area (Å²) in [6.07, 6.45) is 6.48. The fourth-order valence-corrected chi connectivity index (χ4v) is 3.85. The van der Waals surface area contributed by atoms with Gasteiger partial charge in [0.05, 0.1) is 0 Å². The minimum atomic E-state index is 0.162. The van der Waals surface area contributed by atoms with Gasteiger partial charge in [0.2, 0.25) is 0 Å². The van der Waals surface area contributed by atoms with E-state index in [9.17, 15) is 0 Å². The van der Waals surface area contributed by atoms with Crippen LogP contribution in [0.4, 0.5) is 5.69 Å². The van der Waals surface area contributed by atoms with Crippen LogP contribution in [0.15, 0.2) is 24.3 Å². The second kappa shape index (κ2) is 6.80. The quantitative estimate of drug-likeness (QED) is 0.923. The van der Waals surface area contributed by atoms with E-state index >= 15 is 0 Å². The number of rotatable bonds is 4. The minimum Gasteiger partial charge on any atom is -0.370 e. The van der Waals surface area contributed by atoms with Gasteiger partial charge in [-0.05, 0) is 50.4 Å². The molecule has 0 aliphatic carbocycles. The first-order chi connectivity index (χ1) is 10.3. The van der Waals surface area contributed by atoms with Crippen molar-refractivity contribution in [1.29, 1.82) is 0 Å². The summed E-state index contributed by atoms with van der Waals surface area (Å²) in [4.78, 5) is 5.27. The number of anilines is 1. The van der Waals surface area contributed by atoms with Gasteiger partial charge in [-0.1, -0.05) is 31.5 Å². The van der Waals surface area contributed by atoms with Crippen molar-refractivity contribution in [2.24, 2.45) is 5.73 Å². The van der Waals surface area contributed by atoms with Crippen molar-refractivity contribution in [3.05, 3.63) is 29.8 Å². The summed E-state index contributed by atoms with van der Waals surface area (Å²) in [6, 6.07) is 9.63. The van der Waals surface area contributed by atoms with Gasteiger partial charge in [-0.15, -0.1) is 0 Å². The van der Waals surface area contributed by atoms with E-state index in [2.05, 4.69) is 41.0 Å². The van der Waals surface area contributed by atoms with Gasteiger partial charge in [-0.2, -0.15) is 0 Å². The molecule has 1 aromatic carbocycles. The Kier molecular flexibility index (Phi) is 4.81. The number of para-hydroxylation sites is 1. The van der Waals surface area contributed by atoms with Crippen molar-refractivity contribution in [3.63, 3.8) is 0 Å². The molecular formula is C18H29N3. The number of nitrogens with zero attached hydrogens (tertiary/aromatic N) is 2. The van der Waals surface area contributed by atoms with E-state index in [4.69, 9.17) is 5.73 Å². The number of nitrogens with two attached hydrogens (primary N) is 1. The second-order valence-corrected chi connectivity index (χ2v) is 6.56. The van der Waals surface area contributed by atoms with Gasteiger partial charge in [-0.25, -0.2) is 0 Å². The van der Waals surface area contributed by atoms with Crippen LogP contribution in [0.25, 0.3) is 0 Å². The van der Waals surface area contributed by atoms with Crippen LogP contribution in [-0.4, -0.2) is 37.1 Å². The summed E-state index contributed by atoms with van der Waals surface area (Å²) >= 11 is 0. The molecule has 0 spiro atoms. The fraction of sp³-hybridized carbons (Fsp3) is 0.667. The Morgan fingerprint density at radius 3 is 2.67 bits per heavy atom. The van der Waals surface area contributed by atoms with Gasteiger partial charge in [0, 0.05) is 30.9 Å². The van der Waals surface area contributed by atoms with Crippen molar-refractivity contribution in [2.45, 2.75) is 51.1 Å². The van der Waals surface area contributed by atoms with Crippen LogP contribution in [-0.2, 0) is 0 Å². The Balaban J connectivity index is 1.71. The first-order valence-electron chi connectivity index (χ1n) is 8.63. The Hall–Kier alpha value is -1.06. The van der Waals surface area contributed by atoms with E-state index in [1.165, 1.54) is 63.1 Å². The summed E-state index contributed by atoms with van der Waals surface area (Å²) in [5, 5.41) is 0. The molecule has 0 aromatic heterocycles. The molecule has 0 radical (unpaired) electrons. The summed E-state index contributed by atoms with van der Waals surface area (Å²) in [7, 11) is 0. The van der Waals surface area contributed by atoms with Crippen LogP contribution < -0.4 is 10.6 Å². The minimum absolute atomic E-state index is 0.162. The first kappa shape index (κ1) is 14.9. The smallest absolute Gasteiger partial charge is 0.0415 e. The molecule has 2 aliphatic rings. The van der Waals surface area contributed by atoms with E-state index in [0.29, 0.717) is 0 Å². The highest BCUT2D eigenvalue weighted by atomic mass is 15.3. The van der Waals surface area contributed by atoms with Gasteiger partial charge in [0.25, 0.3) is 0 Å². The number of hydrogen-bond donors (Lipinski definition) is 1. The third-order valence-electron chi connectivity index (χ3n) is 5.19. The lowest BCUT2D eigenvalue weighted by atomic mass is 10.0. The van der Waals surface area contributed by atoms with Gasteiger partial charge in [0.15, 0.2) is 0 Å². The molecule has 2 saturated heterocycles. The average molecular weight is 287 g/mol. The molecule has 0 bridgehead atoms. The molecule has 2 N–H and O–H groups in total. The zero-order chi connectivity index (χ0) is 14.7. The van der Waals surface area contributed by atoms with Crippen molar-refractivity contribution in [2.75, 3.05) is 31.1 Å². The highest BCUT2D eigenvalue weighted by Crippen LogP contribution is 2.31. The van der Waals surface area contributed by atoms with Gasteiger partial charge >= 0.3 is 0 Å². The largest absolute Gasteiger partial charge is 0.370 e. The number of benzene rings is 1. The zero-order valence-electron chi connectivity index (χ0n) is 13.3. The normalized spacial score (nSPS) is 25.2. The molecule has 2 fully saturated rings. The molecule has 1 unspecified atom stereocenters. The van der Waals surface area contributed by atoms with E-state index in [-0.39, 0.29) is 6.04 Å². The Bertz CT molecular complexity index is 454. The molecule has 0 saturated carbocycles. The lowest BCUT2D eigenvalue weighted by molar-refractivity contribution is 0.175. The number of hydrogen-bond acceptors (Lipinski definition) is 3. The van der Waals surface area contributed by atoms with Crippen LogP contribution >= 0.6 is 0 Å². The van der Waals surface area contributed by atoms with E-state index in [1.807, 2.05) is 0 Å². The van der Waals surface area contributed by atoms with Gasteiger partial charge < -0.3 is 10.6 Å². The molecule has 0 amide bonds. The molecule has 1 aromatic rings. The molecular weight excluding hydrogens is 258 g/mol. The molecule has 3 nitrogen and oxygen atoms in total. The average Bonchev–Trinajstić information content (AvgIpc) is 3.05. The summed E-state index contributed by atoms with van der Waals surface area (Å²) < 4.78 is 0. The van der Waals surface area contributed by atoms with Crippen molar-refractivity contribution in [3.8, 4) is 0 Å². The fourth-order valence-electron chi connectivity index (χ4n) is 3.85. The van der Waals surface area contributed by atoms with Crippen LogP contribution in [0.3, 0.4) is 0 Å². The third-order valence-corrected chi connectivity index (χ3v) is 5.19.